The molecule has 0 radical (unpaired) electrons. The zero-order chi connectivity index (χ0) is 20.4. The Labute approximate surface area is 172 Å². The Balaban J connectivity index is 1.45. The molecule has 8 heteroatoms. The number of nitrogens with zero attached hydrogens (tertiary/aromatic N) is 2. The van der Waals surface area contributed by atoms with E-state index in [1.54, 1.807) is 12.1 Å². The van der Waals surface area contributed by atoms with E-state index >= 15 is 0 Å². The molecule has 0 saturated heterocycles. The number of H-pyrrole nitrogens is 1. The van der Waals surface area contributed by atoms with Crippen molar-refractivity contribution in [3.05, 3.63) is 59.7 Å². The average Bonchev–Trinajstić information content (AvgIpc) is 3.11. The molecule has 4 rings (SSSR count). The Kier molecular flexibility index (Phi) is 5.27. The van der Waals surface area contributed by atoms with Crippen LogP contribution < -0.4 is 11.1 Å². The first-order valence-corrected chi connectivity index (χ1v) is 10.4. The molecule has 3 aromatic rings. The van der Waals surface area contributed by atoms with Crippen molar-refractivity contribution in [2.24, 2.45) is 10.7 Å². The standard InChI is InChI=1S/C21H22FN5OS/c1-21(10-11-29-20(23)27-21)14-12-13(6-7-15(14)22)24-19(28)9-8-18-25-16-4-2-3-5-17(16)26-18/h2-7,12H,8-11H2,1H3,(H2,23,27)(H,24,28)(H,25,26)/t21-/m0/s1. The molecule has 2 aromatic carbocycles. The summed E-state index contributed by atoms with van der Waals surface area (Å²) in [5.74, 6) is 1.03. The van der Waals surface area contributed by atoms with E-state index in [4.69, 9.17) is 5.73 Å². The highest BCUT2D eigenvalue weighted by atomic mass is 32.2. The van der Waals surface area contributed by atoms with E-state index in [2.05, 4.69) is 20.3 Å². The van der Waals surface area contributed by atoms with Crippen molar-refractivity contribution in [2.75, 3.05) is 11.1 Å². The lowest BCUT2D eigenvalue weighted by atomic mass is 9.89. The Morgan fingerprint density at radius 1 is 1.34 bits per heavy atom. The molecule has 1 amide bonds. The number of thioether (sulfide) groups is 1. The molecule has 2 heterocycles. The first kappa shape index (κ1) is 19.4. The van der Waals surface area contributed by atoms with Gasteiger partial charge in [-0.2, -0.15) is 0 Å². The lowest BCUT2D eigenvalue weighted by Crippen LogP contribution is -2.29. The summed E-state index contributed by atoms with van der Waals surface area (Å²) in [6.07, 6.45) is 1.44. The van der Waals surface area contributed by atoms with Crippen LogP contribution in [0.15, 0.2) is 47.5 Å². The maximum Gasteiger partial charge on any atom is 0.224 e. The highest BCUT2D eigenvalue weighted by molar-refractivity contribution is 8.13. The third-order valence-electron chi connectivity index (χ3n) is 5.05. The minimum atomic E-state index is -0.728. The van der Waals surface area contributed by atoms with E-state index in [1.165, 1.54) is 17.8 Å². The van der Waals surface area contributed by atoms with Crippen molar-refractivity contribution in [3.63, 3.8) is 0 Å². The van der Waals surface area contributed by atoms with Crippen LogP contribution in [0.5, 0.6) is 0 Å². The summed E-state index contributed by atoms with van der Waals surface area (Å²) in [6, 6.07) is 12.3. The minimum absolute atomic E-state index is 0.157. The van der Waals surface area contributed by atoms with Crippen molar-refractivity contribution >= 4 is 39.6 Å². The second-order valence-electron chi connectivity index (χ2n) is 7.27. The van der Waals surface area contributed by atoms with Crippen LogP contribution in [0.2, 0.25) is 0 Å². The van der Waals surface area contributed by atoms with E-state index in [9.17, 15) is 9.18 Å². The first-order valence-electron chi connectivity index (χ1n) is 9.45. The van der Waals surface area contributed by atoms with E-state index < -0.39 is 5.54 Å². The summed E-state index contributed by atoms with van der Waals surface area (Å²) < 4.78 is 14.5. The lowest BCUT2D eigenvalue weighted by molar-refractivity contribution is -0.116. The highest BCUT2D eigenvalue weighted by Crippen LogP contribution is 2.37. The summed E-state index contributed by atoms with van der Waals surface area (Å²) in [7, 11) is 0. The van der Waals surface area contributed by atoms with E-state index in [-0.39, 0.29) is 18.1 Å². The number of para-hydroxylation sites is 2. The van der Waals surface area contributed by atoms with Crippen molar-refractivity contribution < 1.29 is 9.18 Å². The smallest absolute Gasteiger partial charge is 0.224 e. The van der Waals surface area contributed by atoms with Crippen LogP contribution >= 0.6 is 11.8 Å². The van der Waals surface area contributed by atoms with Gasteiger partial charge in [0, 0.05) is 29.8 Å². The number of aliphatic imine (C=N–C) groups is 1. The summed E-state index contributed by atoms with van der Waals surface area (Å²) in [5.41, 5.74) is 7.94. The van der Waals surface area contributed by atoms with Gasteiger partial charge in [0.25, 0.3) is 0 Å². The molecule has 0 aliphatic carbocycles. The highest BCUT2D eigenvalue weighted by Gasteiger charge is 2.32. The molecular formula is C21H22FN5OS. The van der Waals surface area contributed by atoms with Gasteiger partial charge < -0.3 is 16.0 Å². The van der Waals surface area contributed by atoms with Gasteiger partial charge >= 0.3 is 0 Å². The van der Waals surface area contributed by atoms with Gasteiger partial charge in [0.1, 0.15) is 11.6 Å². The Morgan fingerprint density at radius 3 is 2.97 bits per heavy atom. The molecule has 6 nitrogen and oxygen atoms in total. The summed E-state index contributed by atoms with van der Waals surface area (Å²) in [6.45, 7) is 1.87. The van der Waals surface area contributed by atoms with Crippen LogP contribution in [-0.4, -0.2) is 26.8 Å². The van der Waals surface area contributed by atoms with Crippen LogP contribution in [0.3, 0.4) is 0 Å². The molecule has 1 aliphatic rings. The first-order chi connectivity index (χ1) is 13.9. The van der Waals surface area contributed by atoms with Crippen molar-refractivity contribution in [3.8, 4) is 0 Å². The van der Waals surface area contributed by atoms with Gasteiger partial charge in [-0.25, -0.2) is 9.37 Å². The molecule has 0 fully saturated rings. The zero-order valence-electron chi connectivity index (χ0n) is 16.0. The summed E-state index contributed by atoms with van der Waals surface area (Å²) >= 11 is 1.47. The number of halogens is 1. The number of amidine groups is 1. The number of anilines is 1. The van der Waals surface area contributed by atoms with Crippen molar-refractivity contribution in [1.29, 1.82) is 0 Å². The molecule has 29 heavy (non-hydrogen) atoms. The molecule has 0 bridgehead atoms. The molecule has 4 N–H and O–H groups in total. The Hall–Kier alpha value is -2.87. The van der Waals surface area contributed by atoms with Gasteiger partial charge in [0.15, 0.2) is 5.17 Å². The number of carbonyl (C=O) groups is 1. The van der Waals surface area contributed by atoms with E-state index in [0.717, 1.165) is 22.6 Å². The molecule has 150 valence electrons. The number of hydrogen-bond acceptors (Lipinski definition) is 5. The number of amides is 1. The van der Waals surface area contributed by atoms with Crippen LogP contribution in [0.25, 0.3) is 11.0 Å². The van der Waals surface area contributed by atoms with Crippen LogP contribution in [0.1, 0.15) is 31.2 Å². The third kappa shape index (κ3) is 4.27. The zero-order valence-corrected chi connectivity index (χ0v) is 16.9. The summed E-state index contributed by atoms with van der Waals surface area (Å²) in [4.78, 5) is 24.6. The van der Waals surface area contributed by atoms with Gasteiger partial charge in [-0.15, -0.1) is 0 Å². The largest absolute Gasteiger partial charge is 0.379 e. The SMILES string of the molecule is C[C@@]1(c2cc(NC(=O)CCc3nc4ccccc4[nH]3)ccc2F)CCSC(N)=N1. The Bertz CT molecular complexity index is 1060. The number of imidazole rings is 1. The monoisotopic (exact) mass is 411 g/mol. The molecule has 1 atom stereocenters. The normalized spacial score (nSPS) is 19.2. The average molecular weight is 412 g/mol. The molecule has 0 saturated carbocycles. The maximum absolute atomic E-state index is 14.5. The van der Waals surface area contributed by atoms with Gasteiger partial charge in [0.05, 0.1) is 16.6 Å². The fourth-order valence-corrected chi connectivity index (χ4v) is 4.45. The molecule has 0 unspecified atom stereocenters. The van der Waals surface area contributed by atoms with Gasteiger partial charge in [-0.3, -0.25) is 9.79 Å². The third-order valence-corrected chi connectivity index (χ3v) is 5.85. The number of nitrogens with two attached hydrogens (primary N) is 1. The number of carbonyl (C=O) groups excluding carboxylic acids is 1. The van der Waals surface area contributed by atoms with Gasteiger partial charge in [-0.05, 0) is 43.7 Å². The number of benzene rings is 2. The number of aromatic amines is 1. The van der Waals surface area contributed by atoms with E-state index in [0.29, 0.717) is 29.3 Å². The van der Waals surface area contributed by atoms with Crippen LogP contribution in [-0.2, 0) is 16.8 Å². The fourth-order valence-electron chi connectivity index (χ4n) is 3.48. The number of hydrogen-bond donors (Lipinski definition) is 3. The van der Waals surface area contributed by atoms with Crippen molar-refractivity contribution in [1.82, 2.24) is 9.97 Å². The number of nitrogens with one attached hydrogen (secondary N) is 2. The molecule has 0 spiro atoms. The second-order valence-corrected chi connectivity index (χ2v) is 8.38. The van der Waals surface area contributed by atoms with Crippen LogP contribution in [0, 0.1) is 5.82 Å². The molecular weight excluding hydrogens is 389 g/mol. The predicted molar refractivity (Wildman–Crippen MR) is 115 cm³/mol. The lowest BCUT2D eigenvalue weighted by Gasteiger charge is -2.30. The van der Waals surface area contributed by atoms with Crippen LogP contribution in [0.4, 0.5) is 10.1 Å². The van der Waals surface area contributed by atoms with Crippen molar-refractivity contribution in [2.45, 2.75) is 31.7 Å². The molecule has 1 aromatic heterocycles. The number of fused-ring (bicyclic) bond motifs is 1. The Morgan fingerprint density at radius 2 is 2.17 bits per heavy atom. The summed E-state index contributed by atoms with van der Waals surface area (Å²) in [5, 5.41) is 3.31. The predicted octanol–water partition coefficient (Wildman–Crippen LogP) is 3.94. The quantitative estimate of drug-likeness (QED) is 0.592. The fraction of sp³-hybridized carbons (Fsp3) is 0.286. The number of aryl methyl sites for hydroxylation is 1. The second kappa shape index (κ2) is 7.87. The number of aromatic nitrogens is 2. The van der Waals surface area contributed by atoms with E-state index in [1.807, 2.05) is 31.2 Å². The molecule has 1 aliphatic heterocycles. The maximum atomic E-state index is 14.5. The minimum Gasteiger partial charge on any atom is -0.379 e. The topological polar surface area (TPSA) is 96.2 Å². The van der Waals surface area contributed by atoms with Gasteiger partial charge in [0.2, 0.25) is 5.91 Å². The van der Waals surface area contributed by atoms with Gasteiger partial charge in [-0.1, -0.05) is 23.9 Å². The number of rotatable bonds is 5.